The first-order valence-corrected chi connectivity index (χ1v) is 5.90. The zero-order valence-corrected chi connectivity index (χ0v) is 11.0. The maximum atomic E-state index is 8.70. The van der Waals surface area contributed by atoms with E-state index in [0.29, 0.717) is 16.3 Å². The SMILES string of the molecule is N#Cc1ccc(Oc2nc(NN)c(Cl)cc2Cl)cc1. The van der Waals surface area contributed by atoms with E-state index in [1.165, 1.54) is 6.07 Å². The van der Waals surface area contributed by atoms with E-state index in [9.17, 15) is 0 Å². The molecule has 0 aliphatic rings. The molecule has 0 aliphatic heterocycles. The fourth-order valence-electron chi connectivity index (χ4n) is 1.33. The monoisotopic (exact) mass is 294 g/mol. The maximum Gasteiger partial charge on any atom is 0.240 e. The Morgan fingerprint density at radius 3 is 2.47 bits per heavy atom. The van der Waals surface area contributed by atoms with Crippen molar-refractivity contribution in [2.24, 2.45) is 5.84 Å². The van der Waals surface area contributed by atoms with E-state index in [4.69, 9.17) is 39.0 Å². The quantitative estimate of drug-likeness (QED) is 0.670. The molecular weight excluding hydrogens is 287 g/mol. The number of anilines is 1. The average molecular weight is 295 g/mol. The number of rotatable bonds is 3. The summed E-state index contributed by atoms with van der Waals surface area (Å²) >= 11 is 11.8. The molecule has 2 rings (SSSR count). The van der Waals surface area contributed by atoms with Gasteiger partial charge in [-0.15, -0.1) is 0 Å². The average Bonchev–Trinajstić information content (AvgIpc) is 2.42. The second kappa shape index (κ2) is 5.76. The zero-order chi connectivity index (χ0) is 13.8. The standard InChI is InChI=1S/C12H8Cl2N4O/c13-9-5-10(14)12(17-11(9)18-16)19-8-3-1-7(6-15)2-4-8/h1-5H,16H2,(H,17,18). The Morgan fingerprint density at radius 2 is 1.89 bits per heavy atom. The Morgan fingerprint density at radius 1 is 1.21 bits per heavy atom. The van der Waals surface area contributed by atoms with Gasteiger partial charge in [0, 0.05) is 0 Å². The Kier molecular flexibility index (Phi) is 4.07. The number of nitrogens with zero attached hydrogens (tertiary/aromatic N) is 2. The van der Waals surface area contributed by atoms with Gasteiger partial charge in [-0.05, 0) is 30.3 Å². The predicted molar refractivity (Wildman–Crippen MR) is 73.3 cm³/mol. The van der Waals surface area contributed by atoms with Gasteiger partial charge in [0.2, 0.25) is 5.88 Å². The molecule has 2 aromatic rings. The van der Waals surface area contributed by atoms with E-state index in [-0.39, 0.29) is 16.7 Å². The number of pyridine rings is 1. The van der Waals surface area contributed by atoms with Crippen LogP contribution in [0.1, 0.15) is 5.56 Å². The zero-order valence-electron chi connectivity index (χ0n) is 9.52. The highest BCUT2D eigenvalue weighted by Crippen LogP contribution is 2.33. The van der Waals surface area contributed by atoms with Crippen LogP contribution >= 0.6 is 23.2 Å². The molecule has 1 aromatic heterocycles. The highest BCUT2D eigenvalue weighted by atomic mass is 35.5. The van der Waals surface area contributed by atoms with Crippen molar-refractivity contribution in [1.82, 2.24) is 4.98 Å². The van der Waals surface area contributed by atoms with Crippen molar-refractivity contribution in [2.45, 2.75) is 0 Å². The van der Waals surface area contributed by atoms with E-state index in [1.807, 2.05) is 6.07 Å². The topological polar surface area (TPSA) is 84.0 Å². The number of benzene rings is 1. The number of nitrogens with one attached hydrogen (secondary N) is 1. The van der Waals surface area contributed by atoms with Crippen LogP contribution in [0.25, 0.3) is 0 Å². The Bertz CT molecular complexity index is 637. The van der Waals surface area contributed by atoms with Gasteiger partial charge in [0.1, 0.15) is 10.8 Å². The second-order valence-electron chi connectivity index (χ2n) is 3.49. The third-order valence-corrected chi connectivity index (χ3v) is 2.79. The highest BCUT2D eigenvalue weighted by molar-refractivity contribution is 6.36. The number of nitrogens with two attached hydrogens (primary N) is 1. The minimum absolute atomic E-state index is 0.170. The van der Waals surface area contributed by atoms with Gasteiger partial charge in [0.15, 0.2) is 5.82 Å². The molecule has 0 unspecified atom stereocenters. The maximum absolute atomic E-state index is 8.70. The number of hydrogen-bond donors (Lipinski definition) is 2. The van der Waals surface area contributed by atoms with Gasteiger partial charge >= 0.3 is 0 Å². The summed E-state index contributed by atoms with van der Waals surface area (Å²) in [6.07, 6.45) is 0. The largest absolute Gasteiger partial charge is 0.437 e. The van der Waals surface area contributed by atoms with E-state index in [2.05, 4.69) is 10.4 Å². The molecule has 1 heterocycles. The molecule has 0 fully saturated rings. The van der Waals surface area contributed by atoms with E-state index in [0.717, 1.165) is 0 Å². The molecule has 96 valence electrons. The first-order valence-electron chi connectivity index (χ1n) is 5.14. The van der Waals surface area contributed by atoms with Gasteiger partial charge in [-0.2, -0.15) is 10.2 Å². The first kappa shape index (κ1) is 13.4. The molecule has 0 saturated heterocycles. The smallest absolute Gasteiger partial charge is 0.240 e. The number of nitriles is 1. The predicted octanol–water partition coefficient (Wildman–Crippen LogP) is 3.34. The van der Waals surface area contributed by atoms with Crippen LogP contribution in [0.15, 0.2) is 30.3 Å². The summed E-state index contributed by atoms with van der Waals surface area (Å²) in [4.78, 5) is 4.04. The van der Waals surface area contributed by atoms with E-state index < -0.39 is 0 Å². The van der Waals surface area contributed by atoms with E-state index in [1.54, 1.807) is 24.3 Å². The summed E-state index contributed by atoms with van der Waals surface area (Å²) in [5.41, 5.74) is 2.88. The lowest BCUT2D eigenvalue weighted by Crippen LogP contribution is -2.09. The third kappa shape index (κ3) is 3.06. The molecule has 0 bridgehead atoms. The van der Waals surface area contributed by atoms with Gasteiger partial charge in [-0.25, -0.2) is 5.84 Å². The van der Waals surface area contributed by atoms with Crippen LogP contribution in [0.3, 0.4) is 0 Å². The molecule has 0 amide bonds. The molecule has 5 nitrogen and oxygen atoms in total. The first-order chi connectivity index (χ1) is 9.13. The van der Waals surface area contributed by atoms with Crippen molar-refractivity contribution < 1.29 is 4.74 Å². The summed E-state index contributed by atoms with van der Waals surface area (Å²) in [6.45, 7) is 0. The van der Waals surface area contributed by atoms with Gasteiger partial charge in [-0.3, -0.25) is 0 Å². The molecule has 0 saturated carbocycles. The van der Waals surface area contributed by atoms with Crippen LogP contribution in [0.4, 0.5) is 5.82 Å². The Balaban J connectivity index is 2.29. The summed E-state index contributed by atoms with van der Waals surface area (Å²) in [6, 6.07) is 10.0. The molecule has 0 radical (unpaired) electrons. The van der Waals surface area contributed by atoms with Crippen LogP contribution in [0, 0.1) is 11.3 Å². The summed E-state index contributed by atoms with van der Waals surface area (Å²) in [7, 11) is 0. The van der Waals surface area contributed by atoms with Crippen LogP contribution in [0.2, 0.25) is 10.0 Å². The fraction of sp³-hybridized carbons (Fsp3) is 0. The Labute approximate surface area is 119 Å². The minimum Gasteiger partial charge on any atom is -0.437 e. The molecule has 7 heteroatoms. The Hall–Kier alpha value is -2.00. The van der Waals surface area contributed by atoms with Crippen molar-refractivity contribution >= 4 is 29.0 Å². The van der Waals surface area contributed by atoms with Crippen molar-refractivity contribution in [3.63, 3.8) is 0 Å². The van der Waals surface area contributed by atoms with Crippen LogP contribution < -0.4 is 16.0 Å². The van der Waals surface area contributed by atoms with Crippen molar-refractivity contribution in [3.05, 3.63) is 45.9 Å². The highest BCUT2D eigenvalue weighted by Gasteiger charge is 2.10. The summed E-state index contributed by atoms with van der Waals surface area (Å²) < 4.78 is 5.50. The van der Waals surface area contributed by atoms with Gasteiger partial charge in [0.25, 0.3) is 0 Å². The summed E-state index contributed by atoms with van der Waals surface area (Å²) in [5, 5.41) is 9.25. The van der Waals surface area contributed by atoms with Crippen LogP contribution in [0.5, 0.6) is 11.6 Å². The van der Waals surface area contributed by atoms with Gasteiger partial charge < -0.3 is 10.2 Å². The van der Waals surface area contributed by atoms with E-state index >= 15 is 0 Å². The molecule has 1 aromatic carbocycles. The molecule has 0 aliphatic carbocycles. The van der Waals surface area contributed by atoms with Crippen molar-refractivity contribution in [3.8, 4) is 17.7 Å². The third-order valence-electron chi connectivity index (χ3n) is 2.23. The lowest BCUT2D eigenvalue weighted by molar-refractivity contribution is 0.464. The molecule has 19 heavy (non-hydrogen) atoms. The normalized spacial score (nSPS) is 9.79. The van der Waals surface area contributed by atoms with Gasteiger partial charge in [0.05, 0.1) is 16.7 Å². The molecular formula is C12H8Cl2N4O. The number of nitrogen functional groups attached to an aromatic ring is 1. The van der Waals surface area contributed by atoms with Crippen molar-refractivity contribution in [1.29, 1.82) is 5.26 Å². The lowest BCUT2D eigenvalue weighted by atomic mass is 10.2. The number of hydrogen-bond acceptors (Lipinski definition) is 5. The minimum atomic E-state index is 0.170. The number of ether oxygens (including phenoxy) is 1. The van der Waals surface area contributed by atoms with Gasteiger partial charge in [-0.1, -0.05) is 23.2 Å². The second-order valence-corrected chi connectivity index (χ2v) is 4.30. The number of aromatic nitrogens is 1. The van der Waals surface area contributed by atoms with Crippen LogP contribution in [-0.2, 0) is 0 Å². The molecule has 0 spiro atoms. The molecule has 3 N–H and O–H groups in total. The summed E-state index contributed by atoms with van der Waals surface area (Å²) in [5.74, 6) is 6.20. The molecule has 0 atom stereocenters. The lowest BCUT2D eigenvalue weighted by Gasteiger charge is -2.09. The van der Waals surface area contributed by atoms with Crippen LogP contribution in [-0.4, -0.2) is 4.98 Å². The number of halogens is 2. The number of hydrazine groups is 1. The van der Waals surface area contributed by atoms with Crippen molar-refractivity contribution in [2.75, 3.05) is 5.43 Å². The fourth-order valence-corrected chi connectivity index (χ4v) is 1.78.